The number of hydrogen-bond donors (Lipinski definition) is 3. The van der Waals surface area contributed by atoms with Gasteiger partial charge in [-0.25, -0.2) is 0 Å². The third-order valence-electron chi connectivity index (χ3n) is 3.88. The second kappa shape index (κ2) is 6.40. The van der Waals surface area contributed by atoms with E-state index in [9.17, 15) is 20.1 Å². The molecule has 0 atom stereocenters. The molecular formula is C18H16O8. The molecule has 3 rings (SSSR count). The van der Waals surface area contributed by atoms with Crippen molar-refractivity contribution in [2.24, 2.45) is 0 Å². The summed E-state index contributed by atoms with van der Waals surface area (Å²) in [5, 5.41) is 30.0. The van der Waals surface area contributed by atoms with E-state index in [1.165, 1.54) is 39.5 Å². The predicted molar refractivity (Wildman–Crippen MR) is 92.6 cm³/mol. The maximum atomic E-state index is 12.5. The number of ether oxygens (including phenoxy) is 3. The third kappa shape index (κ3) is 2.61. The highest BCUT2D eigenvalue weighted by Crippen LogP contribution is 2.43. The number of phenols is 3. The van der Waals surface area contributed by atoms with Gasteiger partial charge in [0.05, 0.1) is 21.3 Å². The largest absolute Gasteiger partial charge is 0.504 e. The van der Waals surface area contributed by atoms with Crippen LogP contribution in [0.15, 0.2) is 33.5 Å². The van der Waals surface area contributed by atoms with Gasteiger partial charge >= 0.3 is 0 Å². The zero-order valence-electron chi connectivity index (χ0n) is 14.2. The van der Waals surface area contributed by atoms with Gasteiger partial charge in [-0.1, -0.05) is 0 Å². The molecule has 8 heteroatoms. The van der Waals surface area contributed by atoms with E-state index < -0.39 is 11.2 Å². The Labute approximate surface area is 147 Å². The van der Waals surface area contributed by atoms with Crippen LogP contribution in [0, 0.1) is 0 Å². The average Bonchev–Trinajstić information content (AvgIpc) is 2.60. The van der Waals surface area contributed by atoms with Crippen molar-refractivity contribution in [2.75, 3.05) is 21.3 Å². The topological polar surface area (TPSA) is 119 Å². The van der Waals surface area contributed by atoms with Crippen LogP contribution in [0.2, 0.25) is 0 Å². The van der Waals surface area contributed by atoms with Crippen LogP contribution in [0.5, 0.6) is 34.5 Å². The maximum Gasteiger partial charge on any atom is 0.203 e. The summed E-state index contributed by atoms with van der Waals surface area (Å²) in [4.78, 5) is 12.5. The maximum absolute atomic E-state index is 12.5. The lowest BCUT2D eigenvalue weighted by molar-refractivity contribution is 0.333. The molecule has 0 amide bonds. The van der Waals surface area contributed by atoms with Crippen LogP contribution < -0.4 is 19.6 Å². The van der Waals surface area contributed by atoms with Gasteiger partial charge < -0.3 is 33.9 Å². The van der Waals surface area contributed by atoms with Gasteiger partial charge in [-0.3, -0.25) is 4.79 Å². The van der Waals surface area contributed by atoms with Crippen LogP contribution in [0.1, 0.15) is 0 Å². The van der Waals surface area contributed by atoms with Crippen LogP contribution in [0.25, 0.3) is 22.3 Å². The van der Waals surface area contributed by atoms with Gasteiger partial charge in [0.15, 0.2) is 28.4 Å². The molecule has 0 aliphatic carbocycles. The fourth-order valence-electron chi connectivity index (χ4n) is 2.70. The molecule has 0 radical (unpaired) electrons. The fourth-order valence-corrected chi connectivity index (χ4v) is 2.70. The Bertz CT molecular complexity index is 1050. The number of rotatable bonds is 4. The van der Waals surface area contributed by atoms with E-state index in [-0.39, 0.29) is 45.5 Å². The van der Waals surface area contributed by atoms with Crippen LogP contribution in [0.4, 0.5) is 0 Å². The summed E-state index contributed by atoms with van der Waals surface area (Å²) < 4.78 is 20.7. The van der Waals surface area contributed by atoms with Crippen LogP contribution in [0.3, 0.4) is 0 Å². The van der Waals surface area contributed by atoms with Gasteiger partial charge in [-0.05, 0) is 12.1 Å². The molecule has 3 N–H and O–H groups in total. The quantitative estimate of drug-likeness (QED) is 0.650. The smallest absolute Gasteiger partial charge is 0.203 e. The molecule has 136 valence electrons. The first kappa shape index (κ1) is 17.3. The first-order valence-corrected chi connectivity index (χ1v) is 7.43. The summed E-state index contributed by atoms with van der Waals surface area (Å²) in [6.45, 7) is 0. The van der Waals surface area contributed by atoms with Crippen molar-refractivity contribution >= 4 is 11.0 Å². The number of aromatic hydroxyl groups is 3. The molecule has 2 aromatic carbocycles. The molecule has 0 aliphatic heterocycles. The molecular weight excluding hydrogens is 344 g/mol. The monoisotopic (exact) mass is 360 g/mol. The standard InChI is InChI=1S/C18H16O8/c1-23-14-5-8(4-10(20)17(14)24-2)12-6-9(19)15-13(26-12)7-11(21)18(25-3)16(15)22/h4-7,20-22H,1-3H3. The summed E-state index contributed by atoms with van der Waals surface area (Å²) in [7, 11) is 4.04. The zero-order valence-corrected chi connectivity index (χ0v) is 14.2. The lowest BCUT2D eigenvalue weighted by Gasteiger charge is -2.12. The van der Waals surface area contributed by atoms with Crippen molar-refractivity contribution in [3.8, 4) is 45.8 Å². The highest BCUT2D eigenvalue weighted by molar-refractivity contribution is 5.89. The van der Waals surface area contributed by atoms with Gasteiger partial charge in [0.25, 0.3) is 0 Å². The van der Waals surface area contributed by atoms with Crippen molar-refractivity contribution in [1.29, 1.82) is 0 Å². The molecule has 0 bridgehead atoms. The summed E-state index contributed by atoms with van der Waals surface area (Å²) in [6, 6.07) is 5.18. The zero-order chi connectivity index (χ0) is 19.0. The Morgan fingerprint density at radius 1 is 0.846 bits per heavy atom. The molecule has 3 aromatic rings. The lowest BCUT2D eigenvalue weighted by Crippen LogP contribution is -2.02. The van der Waals surface area contributed by atoms with E-state index in [1.807, 2.05) is 0 Å². The first-order valence-electron chi connectivity index (χ1n) is 7.43. The van der Waals surface area contributed by atoms with Crippen LogP contribution in [-0.4, -0.2) is 36.6 Å². The summed E-state index contributed by atoms with van der Waals surface area (Å²) >= 11 is 0. The Balaban J connectivity index is 2.28. The third-order valence-corrected chi connectivity index (χ3v) is 3.88. The van der Waals surface area contributed by atoms with E-state index in [0.29, 0.717) is 5.56 Å². The Kier molecular flexibility index (Phi) is 4.25. The number of hydrogen-bond acceptors (Lipinski definition) is 8. The van der Waals surface area contributed by atoms with E-state index in [0.717, 1.165) is 6.07 Å². The second-order valence-electron chi connectivity index (χ2n) is 5.36. The minimum Gasteiger partial charge on any atom is -0.504 e. The number of benzene rings is 2. The van der Waals surface area contributed by atoms with Crippen molar-refractivity contribution in [2.45, 2.75) is 0 Å². The molecule has 8 nitrogen and oxygen atoms in total. The van der Waals surface area contributed by atoms with E-state index in [4.69, 9.17) is 18.6 Å². The molecule has 0 fully saturated rings. The summed E-state index contributed by atoms with van der Waals surface area (Å²) in [5.74, 6) is -0.843. The van der Waals surface area contributed by atoms with Crippen molar-refractivity contribution in [3.05, 3.63) is 34.5 Å². The fraction of sp³-hybridized carbons (Fsp3) is 0.167. The predicted octanol–water partition coefficient (Wildman–Crippen LogP) is 2.60. The highest BCUT2D eigenvalue weighted by Gasteiger charge is 2.20. The van der Waals surface area contributed by atoms with Gasteiger partial charge in [-0.2, -0.15) is 0 Å². The number of methoxy groups -OCH3 is 3. The Hall–Kier alpha value is -3.55. The van der Waals surface area contributed by atoms with E-state index in [1.54, 1.807) is 0 Å². The normalized spacial score (nSPS) is 10.7. The van der Waals surface area contributed by atoms with Crippen molar-refractivity contribution in [1.82, 2.24) is 0 Å². The molecule has 0 unspecified atom stereocenters. The molecule has 26 heavy (non-hydrogen) atoms. The molecule has 0 spiro atoms. The van der Waals surface area contributed by atoms with Crippen molar-refractivity contribution in [3.63, 3.8) is 0 Å². The number of fused-ring (bicyclic) bond motifs is 1. The summed E-state index contributed by atoms with van der Waals surface area (Å²) in [6.07, 6.45) is 0. The van der Waals surface area contributed by atoms with E-state index in [2.05, 4.69) is 0 Å². The Morgan fingerprint density at radius 2 is 1.50 bits per heavy atom. The minimum absolute atomic E-state index is 0.0439. The molecule has 1 aromatic heterocycles. The SMILES string of the molecule is COc1cc(-c2cc(=O)c3c(O)c(OC)c(O)cc3o2)cc(O)c1OC. The van der Waals surface area contributed by atoms with Gasteiger partial charge in [0, 0.05) is 17.7 Å². The minimum atomic E-state index is -0.550. The highest BCUT2D eigenvalue weighted by atomic mass is 16.5. The molecule has 0 saturated heterocycles. The lowest BCUT2D eigenvalue weighted by atomic mass is 10.1. The second-order valence-corrected chi connectivity index (χ2v) is 5.36. The van der Waals surface area contributed by atoms with Crippen LogP contribution >= 0.6 is 0 Å². The van der Waals surface area contributed by atoms with Gasteiger partial charge in [0.1, 0.15) is 16.7 Å². The van der Waals surface area contributed by atoms with Gasteiger partial charge in [0.2, 0.25) is 11.5 Å². The van der Waals surface area contributed by atoms with Crippen LogP contribution in [-0.2, 0) is 0 Å². The molecule has 0 aliphatic rings. The molecule has 0 saturated carbocycles. The van der Waals surface area contributed by atoms with Crippen molar-refractivity contribution < 1.29 is 33.9 Å². The van der Waals surface area contributed by atoms with E-state index >= 15 is 0 Å². The first-order chi connectivity index (χ1) is 12.4. The van der Waals surface area contributed by atoms with Gasteiger partial charge in [-0.15, -0.1) is 0 Å². The number of phenolic OH excluding ortho intramolecular Hbond substituents is 3. The molecule has 1 heterocycles. The Morgan fingerprint density at radius 3 is 2.12 bits per heavy atom. The average molecular weight is 360 g/mol. The summed E-state index contributed by atoms with van der Waals surface area (Å²) in [5.41, 5.74) is -0.252.